The number of hydrogen-bond donors (Lipinski definition) is 1. The molecule has 0 aromatic heterocycles. The predicted molar refractivity (Wildman–Crippen MR) is 77.6 cm³/mol. The highest BCUT2D eigenvalue weighted by Gasteiger charge is 2.34. The van der Waals surface area contributed by atoms with Crippen molar-refractivity contribution in [3.8, 4) is 0 Å². The van der Waals surface area contributed by atoms with Crippen molar-refractivity contribution in [2.24, 2.45) is 0 Å². The van der Waals surface area contributed by atoms with E-state index < -0.39 is 0 Å². The Morgan fingerprint density at radius 1 is 1.42 bits per heavy atom. The van der Waals surface area contributed by atoms with Crippen molar-refractivity contribution in [2.75, 3.05) is 20.3 Å². The molecule has 1 aliphatic rings. The first-order valence-corrected chi connectivity index (χ1v) is 7.00. The van der Waals surface area contributed by atoms with E-state index in [1.807, 2.05) is 19.1 Å². The van der Waals surface area contributed by atoms with Gasteiger partial charge in [0.1, 0.15) is 0 Å². The molecule has 1 heterocycles. The maximum Gasteiger partial charge on any atom is 0.193 e. The fraction of sp³-hybridized carbons (Fsp3) is 0.533. The van der Waals surface area contributed by atoms with Gasteiger partial charge < -0.3 is 9.47 Å². The minimum absolute atomic E-state index is 0.115. The van der Waals surface area contributed by atoms with Crippen molar-refractivity contribution in [1.29, 1.82) is 0 Å². The molecule has 1 saturated heterocycles. The standard InChI is InChI=1S/C15H20O3S/c1-11(14(16)19)12-4-3-5-13(10-12)15(17-2)6-8-18-9-7-15/h3-5,10-11H,6-9H2,1-2H3,(H,16,19). The molecular weight excluding hydrogens is 260 g/mol. The van der Waals surface area contributed by atoms with Crippen molar-refractivity contribution in [2.45, 2.75) is 31.3 Å². The number of carbonyl (C=O) groups excluding carboxylic acids is 1. The van der Waals surface area contributed by atoms with Crippen LogP contribution in [0.2, 0.25) is 0 Å². The van der Waals surface area contributed by atoms with Crippen LogP contribution in [-0.4, -0.2) is 25.4 Å². The summed E-state index contributed by atoms with van der Waals surface area (Å²) in [6, 6.07) is 8.07. The number of carbonyl (C=O) groups is 1. The third-order valence-corrected chi connectivity index (χ3v) is 4.36. The highest BCUT2D eigenvalue weighted by atomic mass is 32.1. The predicted octanol–water partition coefficient (Wildman–Crippen LogP) is 2.90. The van der Waals surface area contributed by atoms with Crippen molar-refractivity contribution in [3.05, 3.63) is 35.4 Å². The lowest BCUT2D eigenvalue weighted by Gasteiger charge is -2.36. The normalized spacial score (nSPS) is 19.9. The van der Waals surface area contributed by atoms with Gasteiger partial charge in [0.2, 0.25) is 0 Å². The zero-order chi connectivity index (χ0) is 13.9. The van der Waals surface area contributed by atoms with E-state index in [1.54, 1.807) is 7.11 Å². The second-order valence-corrected chi connectivity index (χ2v) is 5.44. The first kappa shape index (κ1) is 14.6. The van der Waals surface area contributed by atoms with E-state index in [-0.39, 0.29) is 16.6 Å². The Balaban J connectivity index is 2.33. The van der Waals surface area contributed by atoms with Gasteiger partial charge in [0.05, 0.1) is 11.5 Å². The van der Waals surface area contributed by atoms with Crippen LogP contribution in [0.1, 0.15) is 36.8 Å². The molecule has 4 heteroatoms. The van der Waals surface area contributed by atoms with Crippen LogP contribution in [-0.2, 0) is 19.9 Å². The van der Waals surface area contributed by atoms with Gasteiger partial charge in [0, 0.05) is 33.2 Å². The van der Waals surface area contributed by atoms with Crippen LogP contribution < -0.4 is 0 Å². The molecule has 104 valence electrons. The summed E-state index contributed by atoms with van der Waals surface area (Å²) in [5.74, 6) is -0.197. The first-order valence-electron chi connectivity index (χ1n) is 6.55. The lowest BCUT2D eigenvalue weighted by Crippen LogP contribution is -2.35. The Bertz CT molecular complexity index is 452. The van der Waals surface area contributed by atoms with Crippen molar-refractivity contribution in [1.82, 2.24) is 0 Å². The second kappa shape index (κ2) is 6.07. The molecule has 0 saturated carbocycles. The van der Waals surface area contributed by atoms with Crippen molar-refractivity contribution >= 4 is 17.7 Å². The van der Waals surface area contributed by atoms with Crippen LogP contribution in [0.5, 0.6) is 0 Å². The summed E-state index contributed by atoms with van der Waals surface area (Å²) in [6.45, 7) is 3.29. The minimum atomic E-state index is -0.284. The maximum atomic E-state index is 11.4. The van der Waals surface area contributed by atoms with E-state index in [0.29, 0.717) is 13.2 Å². The number of thiol groups is 1. The Morgan fingerprint density at radius 2 is 2.11 bits per heavy atom. The van der Waals surface area contributed by atoms with Crippen LogP contribution in [0.25, 0.3) is 0 Å². The molecule has 0 bridgehead atoms. The molecule has 1 unspecified atom stereocenters. The summed E-state index contributed by atoms with van der Waals surface area (Å²) in [5.41, 5.74) is 1.82. The van der Waals surface area contributed by atoms with Gasteiger partial charge in [0.25, 0.3) is 0 Å². The highest BCUT2D eigenvalue weighted by Crippen LogP contribution is 2.36. The summed E-state index contributed by atoms with van der Waals surface area (Å²) >= 11 is 3.92. The Hall–Kier alpha value is -0.840. The second-order valence-electron chi connectivity index (χ2n) is 5.00. The fourth-order valence-corrected chi connectivity index (χ4v) is 2.69. The van der Waals surface area contributed by atoms with Gasteiger partial charge in [-0.1, -0.05) is 31.2 Å². The highest BCUT2D eigenvalue weighted by molar-refractivity contribution is 7.96. The number of hydrogen-bond acceptors (Lipinski definition) is 3. The molecule has 0 spiro atoms. The molecule has 1 aromatic carbocycles. The van der Waals surface area contributed by atoms with Crippen LogP contribution in [0.15, 0.2) is 24.3 Å². The Labute approximate surface area is 119 Å². The molecule has 0 N–H and O–H groups in total. The number of rotatable bonds is 4. The van der Waals surface area contributed by atoms with Crippen LogP contribution in [0.4, 0.5) is 0 Å². The molecule has 2 rings (SSSR count). The van der Waals surface area contributed by atoms with E-state index in [0.717, 1.165) is 24.0 Å². The third kappa shape index (κ3) is 3.02. The van der Waals surface area contributed by atoms with E-state index in [2.05, 4.69) is 24.8 Å². The lowest BCUT2D eigenvalue weighted by molar-refractivity contribution is -0.111. The molecule has 0 amide bonds. The summed E-state index contributed by atoms with van der Waals surface area (Å²) in [4.78, 5) is 11.4. The minimum Gasteiger partial charge on any atom is -0.381 e. The Kier molecular flexibility index (Phi) is 4.66. The van der Waals surface area contributed by atoms with E-state index >= 15 is 0 Å². The van der Waals surface area contributed by atoms with Crippen LogP contribution >= 0.6 is 12.6 Å². The molecule has 1 aliphatic heterocycles. The molecule has 1 aromatic rings. The van der Waals surface area contributed by atoms with Crippen LogP contribution in [0, 0.1) is 0 Å². The largest absolute Gasteiger partial charge is 0.381 e. The van der Waals surface area contributed by atoms with Crippen molar-refractivity contribution < 1.29 is 14.3 Å². The first-order chi connectivity index (χ1) is 9.09. The van der Waals surface area contributed by atoms with Gasteiger partial charge in [0.15, 0.2) is 5.12 Å². The van der Waals surface area contributed by atoms with Gasteiger partial charge >= 0.3 is 0 Å². The van der Waals surface area contributed by atoms with Crippen LogP contribution in [0.3, 0.4) is 0 Å². The van der Waals surface area contributed by atoms with Gasteiger partial charge in [-0.3, -0.25) is 4.79 Å². The maximum absolute atomic E-state index is 11.4. The summed E-state index contributed by atoms with van der Waals surface area (Å²) in [5, 5.41) is -0.115. The zero-order valence-corrected chi connectivity index (χ0v) is 12.3. The Morgan fingerprint density at radius 3 is 2.68 bits per heavy atom. The zero-order valence-electron chi connectivity index (χ0n) is 11.4. The van der Waals surface area contributed by atoms with Gasteiger partial charge in [-0.15, -0.1) is 12.6 Å². The molecule has 3 nitrogen and oxygen atoms in total. The van der Waals surface area contributed by atoms with E-state index in [4.69, 9.17) is 9.47 Å². The van der Waals surface area contributed by atoms with Gasteiger partial charge in [-0.25, -0.2) is 0 Å². The molecule has 0 aliphatic carbocycles. The summed E-state index contributed by atoms with van der Waals surface area (Å²) < 4.78 is 11.2. The summed E-state index contributed by atoms with van der Waals surface area (Å²) in [6.07, 6.45) is 1.69. The van der Waals surface area contributed by atoms with Crippen molar-refractivity contribution in [3.63, 3.8) is 0 Å². The monoisotopic (exact) mass is 280 g/mol. The quantitative estimate of drug-likeness (QED) is 0.861. The topological polar surface area (TPSA) is 35.5 Å². The van der Waals surface area contributed by atoms with E-state index in [9.17, 15) is 4.79 Å². The SMILES string of the molecule is COC1(c2cccc(C(C)C(=O)S)c2)CCOCC1. The third-order valence-electron chi connectivity index (χ3n) is 3.97. The average Bonchev–Trinajstić information content (AvgIpc) is 2.47. The molecule has 1 atom stereocenters. The molecule has 0 radical (unpaired) electrons. The fourth-order valence-electron chi connectivity index (χ4n) is 2.55. The molecule has 1 fully saturated rings. The van der Waals surface area contributed by atoms with Gasteiger partial charge in [-0.2, -0.15) is 0 Å². The van der Waals surface area contributed by atoms with Gasteiger partial charge in [-0.05, 0) is 11.1 Å². The summed E-state index contributed by atoms with van der Waals surface area (Å²) in [7, 11) is 1.74. The smallest absolute Gasteiger partial charge is 0.193 e. The number of ether oxygens (including phenoxy) is 2. The average molecular weight is 280 g/mol. The lowest BCUT2D eigenvalue weighted by atomic mass is 9.84. The number of benzene rings is 1. The van der Waals surface area contributed by atoms with E-state index in [1.165, 1.54) is 0 Å². The number of methoxy groups -OCH3 is 1. The molecular formula is C15H20O3S. The molecule has 19 heavy (non-hydrogen) atoms.